The fourth-order valence-electron chi connectivity index (χ4n) is 4.02. The molecule has 148 valence electrons. The van der Waals surface area contributed by atoms with Crippen molar-refractivity contribution in [2.75, 3.05) is 14.2 Å². The molecule has 0 atom stereocenters. The molecule has 4 heteroatoms. The largest absolute Gasteiger partial charge is 0.507 e. The topological polar surface area (TPSA) is 58.9 Å². The summed E-state index contributed by atoms with van der Waals surface area (Å²) in [5.74, 6) is 0.590. The van der Waals surface area contributed by atoms with Crippen molar-refractivity contribution in [3.05, 3.63) is 57.6 Å². The number of methoxy groups -OCH3 is 2. The molecule has 0 saturated heterocycles. The van der Waals surface area contributed by atoms with Gasteiger partial charge < -0.3 is 19.7 Å². The van der Waals surface area contributed by atoms with Crippen molar-refractivity contribution < 1.29 is 19.7 Å². The van der Waals surface area contributed by atoms with Crippen molar-refractivity contribution in [1.82, 2.24) is 0 Å². The third kappa shape index (κ3) is 3.97. The number of phenols is 2. The molecule has 0 spiro atoms. The molecule has 2 aromatic carbocycles. The Morgan fingerprint density at radius 1 is 0.741 bits per heavy atom. The molecule has 0 aliphatic rings. The molecule has 0 unspecified atom stereocenters. The fourth-order valence-corrected chi connectivity index (χ4v) is 4.02. The molecule has 2 aromatic rings. The van der Waals surface area contributed by atoms with Gasteiger partial charge >= 0.3 is 0 Å². The zero-order chi connectivity index (χ0) is 20.2. The molecule has 2 N–H and O–H groups in total. The smallest absolute Gasteiger partial charge is 0.124 e. The molecule has 0 heterocycles. The molecule has 0 aliphatic heterocycles. The van der Waals surface area contributed by atoms with Crippen LogP contribution in [0.15, 0.2) is 24.3 Å². The van der Waals surface area contributed by atoms with Crippen molar-refractivity contribution in [2.24, 2.45) is 0 Å². The summed E-state index contributed by atoms with van der Waals surface area (Å²) in [4.78, 5) is 0. The van der Waals surface area contributed by atoms with Crippen LogP contribution >= 0.6 is 0 Å². The Bertz CT molecular complexity index is 728. The van der Waals surface area contributed by atoms with Crippen LogP contribution in [-0.2, 0) is 28.1 Å². The predicted molar refractivity (Wildman–Crippen MR) is 108 cm³/mol. The number of ether oxygens (including phenoxy) is 2. The van der Waals surface area contributed by atoms with E-state index in [1.807, 2.05) is 13.8 Å². The number of hydrogen-bond donors (Lipinski definition) is 2. The average Bonchev–Trinajstić information content (AvgIpc) is 2.65. The van der Waals surface area contributed by atoms with Gasteiger partial charge in [0.1, 0.15) is 11.5 Å². The third-order valence-electron chi connectivity index (χ3n) is 5.67. The summed E-state index contributed by atoms with van der Waals surface area (Å²) < 4.78 is 10.6. The zero-order valence-corrected chi connectivity index (χ0v) is 17.3. The Balaban J connectivity index is 2.72. The van der Waals surface area contributed by atoms with Gasteiger partial charge in [-0.05, 0) is 61.1 Å². The number of benzene rings is 2. The van der Waals surface area contributed by atoms with E-state index in [-0.39, 0.29) is 5.41 Å². The van der Waals surface area contributed by atoms with Gasteiger partial charge in [-0.3, -0.25) is 0 Å². The summed E-state index contributed by atoms with van der Waals surface area (Å²) in [6, 6.07) is 8.24. The van der Waals surface area contributed by atoms with Gasteiger partial charge in [0.2, 0.25) is 0 Å². The van der Waals surface area contributed by atoms with Crippen LogP contribution in [0, 0.1) is 13.8 Å². The lowest BCUT2D eigenvalue weighted by Gasteiger charge is -2.35. The van der Waals surface area contributed by atoms with Crippen LogP contribution in [0.3, 0.4) is 0 Å². The van der Waals surface area contributed by atoms with Crippen molar-refractivity contribution in [2.45, 2.75) is 59.2 Å². The van der Waals surface area contributed by atoms with E-state index < -0.39 is 0 Å². The predicted octanol–water partition coefficient (Wildman–Crippen LogP) is 5.11. The van der Waals surface area contributed by atoms with Crippen molar-refractivity contribution in [1.29, 1.82) is 0 Å². The first-order valence-electron chi connectivity index (χ1n) is 9.48. The highest BCUT2D eigenvalue weighted by atomic mass is 16.5. The second kappa shape index (κ2) is 8.77. The van der Waals surface area contributed by atoms with Gasteiger partial charge in [-0.25, -0.2) is 0 Å². The van der Waals surface area contributed by atoms with Crippen LogP contribution in [0.1, 0.15) is 60.1 Å². The maximum atomic E-state index is 10.4. The first kappa shape index (κ1) is 21.3. The first-order valence-corrected chi connectivity index (χ1v) is 9.48. The van der Waals surface area contributed by atoms with E-state index in [0.29, 0.717) is 24.7 Å². The maximum Gasteiger partial charge on any atom is 0.124 e. The average molecular weight is 373 g/mol. The highest BCUT2D eigenvalue weighted by Crippen LogP contribution is 2.43. The molecular formula is C23H32O4. The van der Waals surface area contributed by atoms with E-state index in [4.69, 9.17) is 9.47 Å². The SMILES string of the molecule is CCC(CC)(c1cc(C)c(O)c(COC)c1)c1cc(C)c(O)c(COC)c1. The summed E-state index contributed by atoms with van der Waals surface area (Å²) in [6.45, 7) is 8.94. The van der Waals surface area contributed by atoms with Crippen molar-refractivity contribution in [3.8, 4) is 11.5 Å². The number of phenolic OH excluding ortho intramolecular Hbond substituents is 2. The quantitative estimate of drug-likeness (QED) is 0.676. The van der Waals surface area contributed by atoms with Crippen LogP contribution in [0.4, 0.5) is 0 Å². The Labute approximate surface area is 162 Å². The van der Waals surface area contributed by atoms with Crippen molar-refractivity contribution >= 4 is 0 Å². The molecule has 0 fully saturated rings. The van der Waals surface area contributed by atoms with Gasteiger partial charge in [-0.1, -0.05) is 26.0 Å². The second-order valence-corrected chi connectivity index (χ2v) is 7.26. The van der Waals surface area contributed by atoms with Crippen LogP contribution < -0.4 is 0 Å². The molecule has 0 aliphatic carbocycles. The minimum atomic E-state index is -0.220. The van der Waals surface area contributed by atoms with E-state index in [1.165, 1.54) is 0 Å². The lowest BCUT2D eigenvalue weighted by molar-refractivity contribution is 0.181. The Hall–Kier alpha value is -2.04. The highest BCUT2D eigenvalue weighted by molar-refractivity contribution is 5.52. The van der Waals surface area contributed by atoms with E-state index in [1.54, 1.807) is 14.2 Å². The molecule has 2 rings (SSSR count). The Kier molecular flexibility index (Phi) is 6.90. The number of rotatable bonds is 8. The minimum Gasteiger partial charge on any atom is -0.507 e. The lowest BCUT2D eigenvalue weighted by Crippen LogP contribution is -2.27. The normalized spacial score (nSPS) is 11.8. The summed E-state index contributed by atoms with van der Waals surface area (Å²) in [5.41, 5.74) is 5.38. The molecular weight excluding hydrogens is 340 g/mol. The van der Waals surface area contributed by atoms with Crippen LogP contribution in [0.25, 0.3) is 0 Å². The molecule has 0 radical (unpaired) electrons. The minimum absolute atomic E-state index is 0.220. The number of aromatic hydroxyl groups is 2. The molecule has 0 amide bonds. The van der Waals surface area contributed by atoms with Crippen LogP contribution in [-0.4, -0.2) is 24.4 Å². The van der Waals surface area contributed by atoms with Crippen LogP contribution in [0.5, 0.6) is 11.5 Å². The summed E-state index contributed by atoms with van der Waals surface area (Å²) >= 11 is 0. The first-order chi connectivity index (χ1) is 12.8. The molecule has 0 bridgehead atoms. The van der Waals surface area contributed by atoms with Gasteiger partial charge in [0.15, 0.2) is 0 Å². The lowest BCUT2D eigenvalue weighted by atomic mass is 9.69. The second-order valence-electron chi connectivity index (χ2n) is 7.26. The van der Waals surface area contributed by atoms with E-state index in [9.17, 15) is 10.2 Å². The van der Waals surface area contributed by atoms with Gasteiger partial charge in [0.25, 0.3) is 0 Å². The monoisotopic (exact) mass is 372 g/mol. The van der Waals surface area contributed by atoms with Crippen molar-refractivity contribution in [3.63, 3.8) is 0 Å². The summed E-state index contributed by atoms with van der Waals surface area (Å²) in [6.07, 6.45) is 1.80. The molecule has 27 heavy (non-hydrogen) atoms. The molecule has 0 aromatic heterocycles. The maximum absolute atomic E-state index is 10.4. The van der Waals surface area contributed by atoms with E-state index >= 15 is 0 Å². The van der Waals surface area contributed by atoms with E-state index in [2.05, 4.69) is 38.1 Å². The fraction of sp³-hybridized carbons (Fsp3) is 0.478. The third-order valence-corrected chi connectivity index (χ3v) is 5.67. The molecule has 0 saturated carbocycles. The number of hydrogen-bond acceptors (Lipinski definition) is 4. The molecule has 4 nitrogen and oxygen atoms in total. The standard InChI is InChI=1S/C23H32O4/c1-7-23(8-2,19-9-15(3)21(24)17(11-19)13-26-5)20-10-16(4)22(25)18(12-20)14-27-6/h9-12,24-25H,7-8,13-14H2,1-6H3. The van der Waals surface area contributed by atoms with Gasteiger partial charge in [0.05, 0.1) is 13.2 Å². The summed E-state index contributed by atoms with van der Waals surface area (Å²) in [5, 5.41) is 20.8. The van der Waals surface area contributed by atoms with E-state index in [0.717, 1.165) is 46.2 Å². The van der Waals surface area contributed by atoms with Gasteiger partial charge in [0, 0.05) is 30.8 Å². The Morgan fingerprint density at radius 3 is 1.41 bits per heavy atom. The van der Waals surface area contributed by atoms with Crippen LogP contribution in [0.2, 0.25) is 0 Å². The van der Waals surface area contributed by atoms with Gasteiger partial charge in [-0.15, -0.1) is 0 Å². The zero-order valence-electron chi connectivity index (χ0n) is 17.3. The Morgan fingerprint density at radius 2 is 1.11 bits per heavy atom. The van der Waals surface area contributed by atoms with Gasteiger partial charge in [-0.2, -0.15) is 0 Å². The summed E-state index contributed by atoms with van der Waals surface area (Å²) in [7, 11) is 3.27. The highest BCUT2D eigenvalue weighted by Gasteiger charge is 2.33. The number of aryl methyl sites for hydroxylation is 2.